The minimum Gasteiger partial charge on any atom is -0.494 e. The van der Waals surface area contributed by atoms with Crippen LogP contribution in [-0.2, 0) is 17.6 Å². The minimum atomic E-state index is -0.286. The molecule has 0 N–H and O–H groups in total. The first-order valence-corrected chi connectivity index (χ1v) is 6.65. The Balaban J connectivity index is 1.97. The second kappa shape index (κ2) is 6.85. The summed E-state index contributed by atoms with van der Waals surface area (Å²) in [5, 5.41) is 0. The minimum absolute atomic E-state index is 0.102. The Bertz CT molecular complexity index is 576. The lowest BCUT2D eigenvalue weighted by atomic mass is 10.0. The summed E-state index contributed by atoms with van der Waals surface area (Å²) in [5.74, 6) is 0.593. The molecule has 2 rings (SSSR count). The van der Waals surface area contributed by atoms with Crippen LogP contribution in [0.4, 0.5) is 4.39 Å². The first kappa shape index (κ1) is 14.3. The molecule has 0 atom stereocenters. The zero-order chi connectivity index (χ0) is 14.4. The monoisotopic (exact) mass is 272 g/mol. The first-order chi connectivity index (χ1) is 9.67. The third-order valence-electron chi connectivity index (χ3n) is 2.93. The van der Waals surface area contributed by atoms with E-state index in [1.807, 2.05) is 31.2 Å². The number of carbonyl (C=O) groups excluding carboxylic acids is 1. The molecule has 104 valence electrons. The SMILES string of the molecule is CCOc1cccc(CC(=O)Cc2ccc(F)cc2)c1. The van der Waals surface area contributed by atoms with Crippen LogP contribution in [0.2, 0.25) is 0 Å². The van der Waals surface area contributed by atoms with Crippen LogP contribution in [0, 0.1) is 5.82 Å². The highest BCUT2D eigenvalue weighted by atomic mass is 19.1. The molecule has 2 nitrogen and oxygen atoms in total. The molecule has 0 aliphatic heterocycles. The summed E-state index contributed by atoms with van der Waals surface area (Å²) >= 11 is 0. The second-order valence-corrected chi connectivity index (χ2v) is 4.60. The molecule has 0 amide bonds. The maximum Gasteiger partial charge on any atom is 0.141 e. The Hall–Kier alpha value is -2.16. The average molecular weight is 272 g/mol. The van der Waals surface area contributed by atoms with Crippen LogP contribution < -0.4 is 4.74 Å². The summed E-state index contributed by atoms with van der Waals surface area (Å²) in [6, 6.07) is 13.6. The Morgan fingerprint density at radius 3 is 2.45 bits per heavy atom. The Morgan fingerprint density at radius 2 is 1.75 bits per heavy atom. The predicted octanol–water partition coefficient (Wildman–Crippen LogP) is 3.58. The lowest BCUT2D eigenvalue weighted by molar-refractivity contribution is -0.117. The van der Waals surface area contributed by atoms with Gasteiger partial charge in [0.2, 0.25) is 0 Å². The molecule has 0 spiro atoms. The van der Waals surface area contributed by atoms with Gasteiger partial charge in [-0.25, -0.2) is 4.39 Å². The van der Waals surface area contributed by atoms with Gasteiger partial charge in [0.15, 0.2) is 0 Å². The molecule has 0 saturated carbocycles. The van der Waals surface area contributed by atoms with Crippen molar-refractivity contribution in [2.75, 3.05) is 6.61 Å². The molecule has 0 aliphatic carbocycles. The molecule has 0 unspecified atom stereocenters. The van der Waals surface area contributed by atoms with Crippen LogP contribution in [0.3, 0.4) is 0 Å². The zero-order valence-electron chi connectivity index (χ0n) is 11.4. The highest BCUT2D eigenvalue weighted by Crippen LogP contribution is 2.14. The fourth-order valence-electron chi connectivity index (χ4n) is 2.03. The molecule has 20 heavy (non-hydrogen) atoms. The van der Waals surface area contributed by atoms with Crippen molar-refractivity contribution in [2.45, 2.75) is 19.8 Å². The summed E-state index contributed by atoms with van der Waals surface area (Å²) in [4.78, 5) is 12.0. The van der Waals surface area contributed by atoms with Crippen molar-refractivity contribution in [2.24, 2.45) is 0 Å². The van der Waals surface area contributed by atoms with Crippen LogP contribution in [-0.4, -0.2) is 12.4 Å². The number of Topliss-reactive ketones (excluding diaryl/α,β-unsaturated/α-hetero) is 1. The molecule has 2 aromatic carbocycles. The van der Waals surface area contributed by atoms with Crippen LogP contribution in [0.1, 0.15) is 18.1 Å². The van der Waals surface area contributed by atoms with Gasteiger partial charge in [0, 0.05) is 12.8 Å². The zero-order valence-corrected chi connectivity index (χ0v) is 11.4. The maximum atomic E-state index is 12.8. The summed E-state index contributed by atoms with van der Waals surface area (Å²) < 4.78 is 18.2. The van der Waals surface area contributed by atoms with E-state index in [4.69, 9.17) is 4.74 Å². The van der Waals surface area contributed by atoms with Gasteiger partial charge in [-0.2, -0.15) is 0 Å². The molecule has 0 saturated heterocycles. The summed E-state index contributed by atoms with van der Waals surface area (Å²) in [6.07, 6.45) is 0.678. The van der Waals surface area contributed by atoms with Crippen molar-refractivity contribution in [1.82, 2.24) is 0 Å². The van der Waals surface area contributed by atoms with Gasteiger partial charge in [-0.05, 0) is 42.3 Å². The van der Waals surface area contributed by atoms with Crippen molar-refractivity contribution in [3.8, 4) is 5.75 Å². The second-order valence-electron chi connectivity index (χ2n) is 4.60. The van der Waals surface area contributed by atoms with Gasteiger partial charge in [0.05, 0.1) is 6.61 Å². The fraction of sp³-hybridized carbons (Fsp3) is 0.235. The lowest BCUT2D eigenvalue weighted by Crippen LogP contribution is -2.06. The van der Waals surface area contributed by atoms with E-state index in [0.29, 0.717) is 19.4 Å². The van der Waals surface area contributed by atoms with Gasteiger partial charge in [-0.1, -0.05) is 24.3 Å². The number of benzene rings is 2. The summed E-state index contributed by atoms with van der Waals surface area (Å²) in [7, 11) is 0. The molecular weight excluding hydrogens is 255 g/mol. The average Bonchev–Trinajstić information content (AvgIpc) is 2.42. The van der Waals surface area contributed by atoms with Crippen molar-refractivity contribution in [1.29, 1.82) is 0 Å². The van der Waals surface area contributed by atoms with E-state index >= 15 is 0 Å². The maximum absolute atomic E-state index is 12.8. The molecule has 0 bridgehead atoms. The number of ether oxygens (including phenoxy) is 1. The van der Waals surface area contributed by atoms with Gasteiger partial charge in [-0.15, -0.1) is 0 Å². The summed E-state index contributed by atoms with van der Waals surface area (Å²) in [6.45, 7) is 2.53. The quantitative estimate of drug-likeness (QED) is 0.803. The fourth-order valence-corrected chi connectivity index (χ4v) is 2.03. The van der Waals surface area contributed by atoms with Crippen LogP contribution in [0.25, 0.3) is 0 Å². The molecule has 3 heteroatoms. The van der Waals surface area contributed by atoms with Crippen LogP contribution >= 0.6 is 0 Å². The third-order valence-corrected chi connectivity index (χ3v) is 2.93. The van der Waals surface area contributed by atoms with Gasteiger partial charge in [-0.3, -0.25) is 4.79 Å². The standard InChI is InChI=1S/C17H17FO2/c1-2-20-17-5-3-4-14(12-17)11-16(19)10-13-6-8-15(18)9-7-13/h3-9,12H,2,10-11H2,1H3. The van der Waals surface area contributed by atoms with Crippen LogP contribution in [0.5, 0.6) is 5.75 Å². The number of ketones is 1. The molecule has 0 aliphatic rings. The molecule has 0 radical (unpaired) electrons. The van der Waals surface area contributed by atoms with Crippen molar-refractivity contribution in [3.63, 3.8) is 0 Å². The highest BCUT2D eigenvalue weighted by Gasteiger charge is 2.06. The van der Waals surface area contributed by atoms with Gasteiger partial charge < -0.3 is 4.74 Å². The molecular formula is C17H17FO2. The third kappa shape index (κ3) is 4.19. The molecule has 2 aromatic rings. The normalized spacial score (nSPS) is 10.3. The largest absolute Gasteiger partial charge is 0.494 e. The van der Waals surface area contributed by atoms with Gasteiger partial charge in [0.1, 0.15) is 17.3 Å². The number of hydrogen-bond acceptors (Lipinski definition) is 2. The first-order valence-electron chi connectivity index (χ1n) is 6.65. The van der Waals surface area contributed by atoms with Crippen molar-refractivity contribution in [3.05, 3.63) is 65.5 Å². The topological polar surface area (TPSA) is 26.3 Å². The molecule has 0 aromatic heterocycles. The number of rotatable bonds is 6. The van der Waals surface area contributed by atoms with Gasteiger partial charge >= 0.3 is 0 Å². The molecule has 0 fully saturated rings. The van der Waals surface area contributed by atoms with E-state index in [-0.39, 0.29) is 11.6 Å². The lowest BCUT2D eigenvalue weighted by Gasteiger charge is -2.06. The van der Waals surface area contributed by atoms with Crippen LogP contribution in [0.15, 0.2) is 48.5 Å². The van der Waals surface area contributed by atoms with Crippen molar-refractivity contribution < 1.29 is 13.9 Å². The number of hydrogen-bond donors (Lipinski definition) is 0. The molecule has 0 heterocycles. The number of carbonyl (C=O) groups is 1. The van der Waals surface area contributed by atoms with E-state index in [1.54, 1.807) is 12.1 Å². The number of halogens is 1. The van der Waals surface area contributed by atoms with E-state index in [2.05, 4.69) is 0 Å². The van der Waals surface area contributed by atoms with E-state index in [1.165, 1.54) is 12.1 Å². The van der Waals surface area contributed by atoms with Gasteiger partial charge in [0.25, 0.3) is 0 Å². The Kier molecular flexibility index (Phi) is 4.88. The summed E-state index contributed by atoms with van der Waals surface area (Å²) in [5.41, 5.74) is 1.76. The van der Waals surface area contributed by atoms with E-state index in [9.17, 15) is 9.18 Å². The van der Waals surface area contributed by atoms with Crippen molar-refractivity contribution >= 4 is 5.78 Å². The van der Waals surface area contributed by atoms with E-state index in [0.717, 1.165) is 16.9 Å². The predicted molar refractivity (Wildman–Crippen MR) is 76.4 cm³/mol. The highest BCUT2D eigenvalue weighted by molar-refractivity contribution is 5.83. The van der Waals surface area contributed by atoms with E-state index < -0.39 is 0 Å². The Morgan fingerprint density at radius 1 is 1.05 bits per heavy atom. The smallest absolute Gasteiger partial charge is 0.141 e. The Labute approximate surface area is 118 Å².